The molecule has 1 aliphatic rings. The molecule has 0 saturated heterocycles. The van der Waals surface area contributed by atoms with Gasteiger partial charge in [-0.15, -0.1) is 0 Å². The number of hydrogen-bond acceptors (Lipinski definition) is 4. The third-order valence-corrected chi connectivity index (χ3v) is 4.54. The van der Waals surface area contributed by atoms with Gasteiger partial charge in [-0.25, -0.2) is 8.42 Å². The van der Waals surface area contributed by atoms with E-state index >= 15 is 0 Å². The maximum absolute atomic E-state index is 12.1. The number of nitriles is 1. The molecule has 1 atom stereocenters. The summed E-state index contributed by atoms with van der Waals surface area (Å²) in [4.78, 5) is 11.2. The highest BCUT2D eigenvalue weighted by Crippen LogP contribution is 2.33. The number of carbonyl (C=O) groups is 1. The van der Waals surface area contributed by atoms with Crippen molar-refractivity contribution in [3.63, 3.8) is 0 Å². The average Bonchev–Trinajstić information content (AvgIpc) is 3.20. The molecule has 1 aromatic carbocycles. The van der Waals surface area contributed by atoms with Crippen molar-refractivity contribution in [2.45, 2.75) is 30.7 Å². The molecule has 0 aliphatic heterocycles. The van der Waals surface area contributed by atoms with Crippen molar-refractivity contribution in [1.29, 1.82) is 5.26 Å². The second kappa shape index (κ2) is 5.11. The summed E-state index contributed by atoms with van der Waals surface area (Å²) in [6, 6.07) is 6.99. The molecule has 100 valence electrons. The number of ketones is 1. The number of carbonyl (C=O) groups excluding carboxylic acids is 1. The van der Waals surface area contributed by atoms with Crippen molar-refractivity contribution in [2.75, 3.05) is 0 Å². The molecular formula is C13H14N2O3S. The molecule has 0 bridgehead atoms. The molecule has 0 aromatic heterocycles. The predicted octanol–water partition coefficient (Wildman–Crippen LogP) is 1.47. The van der Waals surface area contributed by atoms with Crippen LogP contribution in [0.15, 0.2) is 29.2 Å². The first kappa shape index (κ1) is 13.7. The Hall–Kier alpha value is -1.71. The van der Waals surface area contributed by atoms with Gasteiger partial charge in [0.1, 0.15) is 6.04 Å². The van der Waals surface area contributed by atoms with Gasteiger partial charge in [0.05, 0.1) is 11.0 Å². The number of rotatable bonds is 5. The Bertz CT molecular complexity index is 625. The van der Waals surface area contributed by atoms with E-state index in [1.807, 2.05) is 6.07 Å². The molecule has 1 fully saturated rings. The zero-order valence-electron chi connectivity index (χ0n) is 10.5. The summed E-state index contributed by atoms with van der Waals surface area (Å²) in [5.74, 6) is 0.000978. The second-order valence-corrected chi connectivity index (χ2v) is 6.36. The molecular weight excluding hydrogens is 264 g/mol. The van der Waals surface area contributed by atoms with E-state index in [1.165, 1.54) is 31.2 Å². The summed E-state index contributed by atoms with van der Waals surface area (Å²) in [5.41, 5.74) is 0.456. The lowest BCUT2D eigenvalue weighted by molar-refractivity contribution is 0.101. The van der Waals surface area contributed by atoms with Crippen LogP contribution in [0.3, 0.4) is 0 Å². The summed E-state index contributed by atoms with van der Waals surface area (Å²) < 4.78 is 26.5. The molecule has 0 spiro atoms. The lowest BCUT2D eigenvalue weighted by Gasteiger charge is -2.11. The summed E-state index contributed by atoms with van der Waals surface area (Å²) in [6.45, 7) is 1.42. The highest BCUT2D eigenvalue weighted by molar-refractivity contribution is 7.89. The molecule has 0 amide bonds. The van der Waals surface area contributed by atoms with Crippen LogP contribution in [0.4, 0.5) is 0 Å². The number of nitrogens with one attached hydrogen (secondary N) is 1. The van der Waals surface area contributed by atoms with Crippen molar-refractivity contribution < 1.29 is 13.2 Å². The van der Waals surface area contributed by atoms with Crippen LogP contribution in [-0.2, 0) is 10.0 Å². The molecule has 6 heteroatoms. The zero-order chi connectivity index (χ0) is 14.0. The topological polar surface area (TPSA) is 87.0 Å². The number of benzene rings is 1. The monoisotopic (exact) mass is 278 g/mol. The number of Topliss-reactive ketones (excluding diaryl/α,β-unsaturated/α-hetero) is 1. The van der Waals surface area contributed by atoms with E-state index in [-0.39, 0.29) is 16.6 Å². The third-order valence-electron chi connectivity index (χ3n) is 3.09. The standard InChI is InChI=1S/C13H14N2O3S/c1-9(16)10-4-6-12(7-5-10)19(17,18)15-13(8-14)11-2-3-11/h4-7,11,13,15H,2-3H2,1H3. The van der Waals surface area contributed by atoms with Crippen LogP contribution >= 0.6 is 0 Å². The largest absolute Gasteiger partial charge is 0.295 e. The first-order chi connectivity index (χ1) is 8.94. The van der Waals surface area contributed by atoms with Gasteiger partial charge in [-0.1, -0.05) is 12.1 Å². The van der Waals surface area contributed by atoms with Gasteiger partial charge in [-0.05, 0) is 37.8 Å². The molecule has 19 heavy (non-hydrogen) atoms. The average molecular weight is 278 g/mol. The van der Waals surface area contributed by atoms with Crippen LogP contribution in [0, 0.1) is 17.2 Å². The number of sulfonamides is 1. The van der Waals surface area contributed by atoms with Crippen LogP contribution in [0.1, 0.15) is 30.1 Å². The maximum Gasteiger partial charge on any atom is 0.241 e. The van der Waals surface area contributed by atoms with Crippen LogP contribution < -0.4 is 4.72 Å². The van der Waals surface area contributed by atoms with Gasteiger partial charge in [0.15, 0.2) is 5.78 Å². The van der Waals surface area contributed by atoms with Crippen molar-refractivity contribution in [1.82, 2.24) is 4.72 Å². The Kier molecular flexibility index (Phi) is 3.69. The fraction of sp³-hybridized carbons (Fsp3) is 0.385. The van der Waals surface area contributed by atoms with Gasteiger partial charge in [-0.2, -0.15) is 9.98 Å². The van der Waals surface area contributed by atoms with Gasteiger partial charge in [0.2, 0.25) is 10.0 Å². The Morgan fingerprint density at radius 2 is 1.95 bits per heavy atom. The van der Waals surface area contributed by atoms with E-state index in [0.717, 1.165) is 12.8 Å². The van der Waals surface area contributed by atoms with E-state index in [2.05, 4.69) is 4.72 Å². The quantitative estimate of drug-likeness (QED) is 0.826. The predicted molar refractivity (Wildman–Crippen MR) is 68.9 cm³/mol. The van der Waals surface area contributed by atoms with Crippen molar-refractivity contribution in [3.05, 3.63) is 29.8 Å². The van der Waals surface area contributed by atoms with Crippen LogP contribution in [0.25, 0.3) is 0 Å². The van der Waals surface area contributed by atoms with Crippen molar-refractivity contribution in [2.24, 2.45) is 5.92 Å². The number of nitrogens with zero attached hydrogens (tertiary/aromatic N) is 1. The molecule has 1 aromatic rings. The Balaban J connectivity index is 2.19. The Morgan fingerprint density at radius 3 is 2.37 bits per heavy atom. The second-order valence-electron chi connectivity index (χ2n) is 4.65. The minimum atomic E-state index is -3.70. The SMILES string of the molecule is CC(=O)c1ccc(S(=O)(=O)NC(C#N)C2CC2)cc1. The molecule has 0 heterocycles. The smallest absolute Gasteiger partial charge is 0.241 e. The van der Waals surface area contributed by atoms with Gasteiger partial charge < -0.3 is 0 Å². The van der Waals surface area contributed by atoms with Gasteiger partial charge in [0, 0.05) is 5.56 Å². The lowest BCUT2D eigenvalue weighted by atomic mass is 10.2. The molecule has 5 nitrogen and oxygen atoms in total. The van der Waals surface area contributed by atoms with E-state index in [1.54, 1.807) is 0 Å². The van der Waals surface area contributed by atoms with E-state index in [0.29, 0.717) is 5.56 Å². The van der Waals surface area contributed by atoms with Crippen molar-refractivity contribution >= 4 is 15.8 Å². The van der Waals surface area contributed by atoms with Gasteiger partial charge >= 0.3 is 0 Å². The van der Waals surface area contributed by atoms with Crippen LogP contribution in [0.2, 0.25) is 0 Å². The summed E-state index contributed by atoms with van der Waals surface area (Å²) in [7, 11) is -3.70. The van der Waals surface area contributed by atoms with Gasteiger partial charge in [-0.3, -0.25) is 4.79 Å². The van der Waals surface area contributed by atoms with Gasteiger partial charge in [0.25, 0.3) is 0 Å². The highest BCUT2D eigenvalue weighted by atomic mass is 32.2. The minimum Gasteiger partial charge on any atom is -0.295 e. The fourth-order valence-corrected chi connectivity index (χ4v) is 2.97. The maximum atomic E-state index is 12.1. The lowest BCUT2D eigenvalue weighted by Crippen LogP contribution is -2.35. The molecule has 1 saturated carbocycles. The first-order valence-electron chi connectivity index (χ1n) is 5.97. The van der Waals surface area contributed by atoms with Crippen LogP contribution in [0.5, 0.6) is 0 Å². The molecule has 0 radical (unpaired) electrons. The zero-order valence-corrected chi connectivity index (χ0v) is 11.3. The Morgan fingerprint density at radius 1 is 1.37 bits per heavy atom. The third kappa shape index (κ3) is 3.19. The molecule has 1 aliphatic carbocycles. The summed E-state index contributed by atoms with van der Waals surface area (Å²) in [6.07, 6.45) is 1.76. The normalized spacial score (nSPS) is 16.6. The summed E-state index contributed by atoms with van der Waals surface area (Å²) >= 11 is 0. The molecule has 1 unspecified atom stereocenters. The van der Waals surface area contributed by atoms with Crippen LogP contribution in [-0.4, -0.2) is 20.2 Å². The van der Waals surface area contributed by atoms with Crippen molar-refractivity contribution in [3.8, 4) is 6.07 Å². The van der Waals surface area contributed by atoms with E-state index in [4.69, 9.17) is 5.26 Å². The fourth-order valence-electron chi connectivity index (χ4n) is 1.76. The Labute approximate surface area is 112 Å². The minimum absolute atomic E-state index is 0.0680. The van der Waals surface area contributed by atoms with E-state index in [9.17, 15) is 13.2 Å². The summed E-state index contributed by atoms with van der Waals surface area (Å²) in [5, 5.41) is 8.94. The molecule has 2 rings (SSSR count). The van der Waals surface area contributed by atoms with E-state index < -0.39 is 16.1 Å². The highest BCUT2D eigenvalue weighted by Gasteiger charge is 2.34. The number of hydrogen-bond donors (Lipinski definition) is 1. The first-order valence-corrected chi connectivity index (χ1v) is 7.45. The molecule has 1 N–H and O–H groups in total.